The molecule has 5 aliphatic rings. The van der Waals surface area contributed by atoms with Crippen LogP contribution in [0, 0.1) is 30.1 Å². The Morgan fingerprint density at radius 3 is 2.36 bits per heavy atom. The molecule has 1 amide bonds. The Hall–Kier alpha value is -1.14. The van der Waals surface area contributed by atoms with Crippen molar-refractivity contribution in [2.75, 3.05) is 19.6 Å². The molecule has 0 aromatic carbocycles. The molecule has 5 fully saturated rings. The monoisotopic (exact) mass is 407 g/mol. The number of hydrogen-bond donors (Lipinski definition) is 2. The Balaban J connectivity index is 0.00000192. The second-order valence-corrected chi connectivity index (χ2v) is 9.87. The van der Waals surface area contributed by atoms with Gasteiger partial charge in [-0.2, -0.15) is 0 Å². The highest BCUT2D eigenvalue weighted by atomic mass is 35.5. The molecule has 0 spiro atoms. The van der Waals surface area contributed by atoms with E-state index < -0.39 is 0 Å². The van der Waals surface area contributed by atoms with Gasteiger partial charge in [-0.25, -0.2) is 4.68 Å². The summed E-state index contributed by atoms with van der Waals surface area (Å²) in [7, 11) is 0. The number of amides is 1. The van der Waals surface area contributed by atoms with E-state index in [0.717, 1.165) is 62.3 Å². The van der Waals surface area contributed by atoms with Crippen LogP contribution in [0.4, 0.5) is 0 Å². The quantitative estimate of drug-likeness (QED) is 0.785. The van der Waals surface area contributed by atoms with Gasteiger partial charge in [0.1, 0.15) is 0 Å². The first kappa shape index (κ1) is 20.1. The van der Waals surface area contributed by atoms with Crippen LogP contribution < -0.4 is 10.6 Å². The zero-order valence-corrected chi connectivity index (χ0v) is 17.8. The Kier molecular flexibility index (Phi) is 5.71. The third kappa shape index (κ3) is 3.70. The Labute approximate surface area is 174 Å². The van der Waals surface area contributed by atoms with Gasteiger partial charge in [0.25, 0.3) is 5.91 Å². The summed E-state index contributed by atoms with van der Waals surface area (Å²) < 4.78 is 1.97. The van der Waals surface area contributed by atoms with E-state index in [0.29, 0.717) is 17.2 Å². The predicted molar refractivity (Wildman–Crippen MR) is 111 cm³/mol. The van der Waals surface area contributed by atoms with Crippen molar-refractivity contribution < 1.29 is 4.79 Å². The molecule has 0 radical (unpaired) electrons. The number of rotatable bonds is 5. The molecule has 4 aliphatic carbocycles. The van der Waals surface area contributed by atoms with Crippen molar-refractivity contribution in [3.8, 4) is 0 Å². The number of halogens is 1. The number of carbonyl (C=O) groups is 1. The largest absolute Gasteiger partial charge is 0.351 e. The summed E-state index contributed by atoms with van der Waals surface area (Å²) >= 11 is 0. The van der Waals surface area contributed by atoms with Gasteiger partial charge in [0, 0.05) is 6.54 Å². The van der Waals surface area contributed by atoms with E-state index >= 15 is 0 Å². The summed E-state index contributed by atoms with van der Waals surface area (Å²) in [5, 5.41) is 15.1. The fraction of sp³-hybridized carbons (Fsp3) is 0.857. The van der Waals surface area contributed by atoms with Crippen molar-refractivity contribution in [2.24, 2.45) is 23.2 Å². The van der Waals surface area contributed by atoms with Crippen LogP contribution in [0.15, 0.2) is 0 Å². The molecular formula is C21H34ClN5O. The minimum absolute atomic E-state index is 0. The topological polar surface area (TPSA) is 71.8 Å². The van der Waals surface area contributed by atoms with E-state index in [1.807, 2.05) is 11.6 Å². The maximum atomic E-state index is 12.7. The lowest BCUT2D eigenvalue weighted by Crippen LogP contribution is -2.47. The lowest BCUT2D eigenvalue weighted by Gasteiger charge is -2.57. The van der Waals surface area contributed by atoms with Crippen LogP contribution in [0.3, 0.4) is 0 Å². The van der Waals surface area contributed by atoms with Crippen molar-refractivity contribution in [1.82, 2.24) is 25.6 Å². The summed E-state index contributed by atoms with van der Waals surface area (Å²) in [6, 6.07) is 0.368. The zero-order valence-electron chi connectivity index (χ0n) is 17.0. The molecule has 0 atom stereocenters. The normalized spacial score (nSPS) is 34.2. The van der Waals surface area contributed by atoms with Crippen molar-refractivity contribution in [3.05, 3.63) is 11.4 Å². The molecule has 0 unspecified atom stereocenters. The molecular weight excluding hydrogens is 374 g/mol. The number of carbonyl (C=O) groups excluding carboxylic acids is 1. The van der Waals surface area contributed by atoms with Crippen LogP contribution in [0.1, 0.15) is 80.0 Å². The molecule has 1 aromatic rings. The van der Waals surface area contributed by atoms with Gasteiger partial charge in [0.05, 0.1) is 11.7 Å². The minimum atomic E-state index is -0.0441. The van der Waals surface area contributed by atoms with Crippen LogP contribution in [0.25, 0.3) is 0 Å². The second kappa shape index (κ2) is 7.94. The number of aromatic nitrogens is 3. The fourth-order valence-corrected chi connectivity index (χ4v) is 7.07. The number of hydrogen-bond acceptors (Lipinski definition) is 4. The molecule has 4 bridgehead atoms. The van der Waals surface area contributed by atoms with Crippen LogP contribution in [-0.2, 0) is 0 Å². The summed E-state index contributed by atoms with van der Waals surface area (Å²) in [5.41, 5.74) is 1.94. The Morgan fingerprint density at radius 2 is 1.75 bits per heavy atom. The smallest absolute Gasteiger partial charge is 0.273 e. The molecule has 2 heterocycles. The Morgan fingerprint density at radius 1 is 1.14 bits per heavy atom. The molecule has 1 aromatic heterocycles. The summed E-state index contributed by atoms with van der Waals surface area (Å²) in [6.45, 7) is 4.79. The third-order valence-electron chi connectivity index (χ3n) is 7.90. The van der Waals surface area contributed by atoms with Gasteiger partial charge >= 0.3 is 0 Å². The van der Waals surface area contributed by atoms with Gasteiger partial charge < -0.3 is 10.6 Å². The number of nitrogens with zero attached hydrogens (tertiary/aromatic N) is 3. The maximum absolute atomic E-state index is 12.7. The average Bonchev–Trinajstić information content (AvgIpc) is 3.02. The SMILES string of the molecule is Cc1c(C(=O)NCCC23CC4CC(CC(C4)C2)C3)nnn1C1CCNCC1.Cl. The molecule has 4 saturated carbocycles. The summed E-state index contributed by atoms with van der Waals surface area (Å²) in [4.78, 5) is 12.7. The van der Waals surface area contributed by atoms with Gasteiger partial charge in [0.2, 0.25) is 0 Å². The molecule has 6 nitrogen and oxygen atoms in total. The van der Waals surface area contributed by atoms with E-state index in [1.54, 1.807) is 0 Å². The van der Waals surface area contributed by atoms with E-state index in [9.17, 15) is 4.79 Å². The first-order valence-electron chi connectivity index (χ1n) is 11.0. The van der Waals surface area contributed by atoms with Gasteiger partial charge in [-0.15, -0.1) is 17.5 Å². The van der Waals surface area contributed by atoms with Crippen LogP contribution in [0.5, 0.6) is 0 Å². The van der Waals surface area contributed by atoms with Gasteiger partial charge in [-0.05, 0) is 101 Å². The van der Waals surface area contributed by atoms with E-state index in [4.69, 9.17) is 0 Å². The van der Waals surface area contributed by atoms with Gasteiger partial charge in [0.15, 0.2) is 5.69 Å². The standard InChI is InChI=1S/C21H33N5O.ClH/c1-14-19(24-25-26(14)18-2-5-22-6-3-18)20(27)23-7-4-21-11-15-8-16(12-21)10-17(9-15)13-21;/h15-18,22H,2-13H2,1H3,(H,23,27);1H. The van der Waals surface area contributed by atoms with E-state index in [-0.39, 0.29) is 18.3 Å². The Bertz CT molecular complexity index is 676. The van der Waals surface area contributed by atoms with Crippen molar-refractivity contribution >= 4 is 18.3 Å². The predicted octanol–water partition coefficient (Wildman–Crippen LogP) is 3.27. The van der Waals surface area contributed by atoms with Crippen LogP contribution in [-0.4, -0.2) is 40.5 Å². The number of piperidine rings is 1. The first-order valence-corrected chi connectivity index (χ1v) is 11.0. The van der Waals surface area contributed by atoms with Crippen LogP contribution >= 0.6 is 12.4 Å². The van der Waals surface area contributed by atoms with E-state index in [2.05, 4.69) is 20.9 Å². The lowest BCUT2D eigenvalue weighted by atomic mass is 9.49. The molecule has 156 valence electrons. The molecule has 28 heavy (non-hydrogen) atoms. The van der Waals surface area contributed by atoms with E-state index in [1.165, 1.54) is 38.5 Å². The van der Waals surface area contributed by atoms with Crippen molar-refractivity contribution in [2.45, 2.75) is 70.8 Å². The highest BCUT2D eigenvalue weighted by molar-refractivity contribution is 5.93. The first-order chi connectivity index (χ1) is 13.1. The minimum Gasteiger partial charge on any atom is -0.351 e. The second-order valence-electron chi connectivity index (χ2n) is 9.87. The fourth-order valence-electron chi connectivity index (χ4n) is 7.07. The average molecular weight is 408 g/mol. The van der Waals surface area contributed by atoms with Crippen LogP contribution in [0.2, 0.25) is 0 Å². The molecule has 7 heteroatoms. The molecule has 2 N–H and O–H groups in total. The maximum Gasteiger partial charge on any atom is 0.273 e. The molecule has 1 aliphatic heterocycles. The third-order valence-corrected chi connectivity index (χ3v) is 7.90. The van der Waals surface area contributed by atoms with Crippen molar-refractivity contribution in [1.29, 1.82) is 0 Å². The zero-order chi connectivity index (χ0) is 18.4. The highest BCUT2D eigenvalue weighted by Gasteiger charge is 2.50. The van der Waals surface area contributed by atoms with Gasteiger partial charge in [-0.3, -0.25) is 4.79 Å². The number of nitrogens with one attached hydrogen (secondary N) is 2. The summed E-state index contributed by atoms with van der Waals surface area (Å²) in [6.07, 6.45) is 11.9. The molecule has 6 rings (SSSR count). The van der Waals surface area contributed by atoms with Crippen molar-refractivity contribution in [3.63, 3.8) is 0 Å². The summed E-state index contributed by atoms with van der Waals surface area (Å²) in [5.74, 6) is 2.87. The van der Waals surface area contributed by atoms with Gasteiger partial charge in [-0.1, -0.05) is 5.21 Å². The lowest BCUT2D eigenvalue weighted by molar-refractivity contribution is -0.0564. The highest BCUT2D eigenvalue weighted by Crippen LogP contribution is 2.61. The molecule has 1 saturated heterocycles.